The van der Waals surface area contributed by atoms with Crippen LogP contribution in [0, 0.1) is 6.92 Å². The average molecular weight is 449 g/mol. The van der Waals surface area contributed by atoms with Crippen LogP contribution in [0.2, 0.25) is 0 Å². The van der Waals surface area contributed by atoms with Gasteiger partial charge in [0.25, 0.3) is 0 Å². The van der Waals surface area contributed by atoms with E-state index in [2.05, 4.69) is 47.2 Å². The molecule has 2 aromatic heterocycles. The van der Waals surface area contributed by atoms with Crippen LogP contribution in [0.4, 0.5) is 0 Å². The van der Waals surface area contributed by atoms with Gasteiger partial charge in [0.05, 0.1) is 5.88 Å². The van der Waals surface area contributed by atoms with Gasteiger partial charge in [-0.05, 0) is 49.6 Å². The van der Waals surface area contributed by atoms with E-state index < -0.39 is 0 Å². The number of likely N-dealkylation sites (tertiary alicyclic amines) is 1. The van der Waals surface area contributed by atoms with Crippen LogP contribution >= 0.6 is 11.8 Å². The maximum atomic E-state index is 13.4. The molecule has 1 N–H and O–H groups in total. The lowest BCUT2D eigenvalue weighted by molar-refractivity contribution is -0.143. The summed E-state index contributed by atoms with van der Waals surface area (Å²) in [5, 5.41) is 1.21. The molecule has 7 heteroatoms. The van der Waals surface area contributed by atoms with Crippen LogP contribution in [-0.4, -0.2) is 62.3 Å². The zero-order valence-corrected chi connectivity index (χ0v) is 19.3. The Hall–Kier alpha value is -2.80. The third kappa shape index (κ3) is 3.79. The minimum absolute atomic E-state index is 0.0205. The highest BCUT2D eigenvalue weighted by atomic mass is 32.2. The third-order valence-electron chi connectivity index (χ3n) is 6.67. The zero-order chi connectivity index (χ0) is 22.2. The van der Waals surface area contributed by atoms with Crippen LogP contribution in [-0.2, 0) is 9.59 Å². The summed E-state index contributed by atoms with van der Waals surface area (Å²) in [5.74, 6) is 1.59. The predicted molar refractivity (Wildman–Crippen MR) is 128 cm³/mol. The quantitative estimate of drug-likeness (QED) is 0.653. The number of carbonyl (C=O) groups excluding carboxylic acids is 2. The molecule has 0 radical (unpaired) electrons. The molecule has 3 aromatic rings. The number of piperidine rings is 1. The van der Waals surface area contributed by atoms with Gasteiger partial charge in [-0.2, -0.15) is 0 Å². The summed E-state index contributed by atoms with van der Waals surface area (Å²) in [7, 11) is 0. The standard InChI is InChI=1S/C25H28N4O2S/c1-16-5-6-21-20(12-16)23(18-7-9-26-10-8-18)24(27-21)19-4-3-11-28(13-19)25(31)22-14-32-15-29(22)17(2)30/h5-10,12,19,22,27H,3-4,11,13-15H2,1-2H3/t19-,22-/m1/s1. The van der Waals surface area contributed by atoms with Gasteiger partial charge in [-0.1, -0.05) is 11.6 Å². The minimum Gasteiger partial charge on any atom is -0.358 e. The fraction of sp³-hybridized carbons (Fsp3) is 0.400. The van der Waals surface area contributed by atoms with Crippen molar-refractivity contribution in [3.63, 3.8) is 0 Å². The fourth-order valence-electron chi connectivity index (χ4n) is 5.04. The highest BCUT2D eigenvalue weighted by molar-refractivity contribution is 7.99. The molecule has 0 bridgehead atoms. The topological polar surface area (TPSA) is 69.3 Å². The van der Waals surface area contributed by atoms with Crippen LogP contribution in [0.1, 0.15) is 36.9 Å². The number of nitrogens with one attached hydrogen (secondary N) is 1. The molecule has 32 heavy (non-hydrogen) atoms. The Morgan fingerprint density at radius 1 is 1.19 bits per heavy atom. The van der Waals surface area contributed by atoms with Gasteiger partial charge in [-0.25, -0.2) is 0 Å². The molecule has 5 rings (SSSR count). The second kappa shape index (κ2) is 8.62. The number of fused-ring (bicyclic) bond motifs is 1. The van der Waals surface area contributed by atoms with E-state index in [9.17, 15) is 9.59 Å². The minimum atomic E-state index is -0.332. The van der Waals surface area contributed by atoms with Crippen LogP contribution < -0.4 is 0 Å². The summed E-state index contributed by atoms with van der Waals surface area (Å²) < 4.78 is 0. The highest BCUT2D eigenvalue weighted by Crippen LogP contribution is 2.39. The first-order chi connectivity index (χ1) is 15.5. The van der Waals surface area contributed by atoms with Gasteiger partial charge in [0.15, 0.2) is 0 Å². The van der Waals surface area contributed by atoms with Crippen molar-refractivity contribution in [1.29, 1.82) is 0 Å². The molecular formula is C25H28N4O2S. The van der Waals surface area contributed by atoms with Crippen LogP contribution in [0.5, 0.6) is 0 Å². The van der Waals surface area contributed by atoms with E-state index in [1.165, 1.54) is 22.2 Å². The van der Waals surface area contributed by atoms with Gasteiger partial charge >= 0.3 is 0 Å². The van der Waals surface area contributed by atoms with Gasteiger partial charge in [0.1, 0.15) is 6.04 Å². The Balaban J connectivity index is 1.49. The van der Waals surface area contributed by atoms with Gasteiger partial charge in [0.2, 0.25) is 11.8 Å². The second-order valence-electron chi connectivity index (χ2n) is 8.83. The number of carbonyl (C=O) groups is 2. The molecule has 2 atom stereocenters. The van der Waals surface area contributed by atoms with E-state index in [1.54, 1.807) is 23.6 Å². The fourth-order valence-corrected chi connectivity index (χ4v) is 6.25. The van der Waals surface area contributed by atoms with E-state index in [1.807, 2.05) is 17.3 Å². The maximum absolute atomic E-state index is 13.4. The predicted octanol–water partition coefficient (Wildman–Crippen LogP) is 4.17. The van der Waals surface area contributed by atoms with Gasteiger partial charge in [0, 0.05) is 66.2 Å². The van der Waals surface area contributed by atoms with Crippen molar-refractivity contribution in [2.75, 3.05) is 24.7 Å². The molecule has 0 unspecified atom stereocenters. The van der Waals surface area contributed by atoms with Crippen molar-refractivity contribution < 1.29 is 9.59 Å². The molecule has 0 aliphatic carbocycles. The molecule has 0 saturated carbocycles. The summed E-state index contributed by atoms with van der Waals surface area (Å²) in [6.07, 6.45) is 5.65. The molecule has 2 aliphatic rings. The number of hydrogen-bond acceptors (Lipinski definition) is 4. The Labute approximate surface area is 192 Å². The van der Waals surface area contributed by atoms with Crippen molar-refractivity contribution in [3.05, 3.63) is 54.0 Å². The number of aromatic amines is 1. The van der Waals surface area contributed by atoms with Crippen molar-refractivity contribution in [3.8, 4) is 11.1 Å². The van der Waals surface area contributed by atoms with Crippen LogP contribution in [0.3, 0.4) is 0 Å². The summed E-state index contributed by atoms with van der Waals surface area (Å²) >= 11 is 1.66. The largest absolute Gasteiger partial charge is 0.358 e. The molecule has 1 aromatic carbocycles. The van der Waals surface area contributed by atoms with E-state index in [-0.39, 0.29) is 23.8 Å². The summed E-state index contributed by atoms with van der Waals surface area (Å²) in [4.78, 5) is 36.9. The van der Waals surface area contributed by atoms with Crippen LogP contribution in [0.25, 0.3) is 22.0 Å². The van der Waals surface area contributed by atoms with Gasteiger partial charge in [-0.15, -0.1) is 11.8 Å². The summed E-state index contributed by atoms with van der Waals surface area (Å²) in [6, 6.07) is 10.3. The van der Waals surface area contributed by atoms with Crippen molar-refractivity contribution >= 4 is 34.5 Å². The summed E-state index contributed by atoms with van der Waals surface area (Å²) in [6.45, 7) is 5.10. The van der Waals surface area contributed by atoms with Gasteiger partial charge < -0.3 is 14.8 Å². The Bertz CT molecular complexity index is 1160. The number of amides is 2. The molecule has 2 saturated heterocycles. The normalized spacial score (nSPS) is 21.3. The monoisotopic (exact) mass is 448 g/mol. The number of pyridine rings is 1. The number of hydrogen-bond donors (Lipinski definition) is 1. The SMILES string of the molecule is CC(=O)N1CSC[C@@H]1C(=O)N1CCC[C@@H](c2[nH]c3ccc(C)cc3c2-c2ccncc2)C1. The smallest absolute Gasteiger partial charge is 0.246 e. The molecular weight excluding hydrogens is 420 g/mol. The Morgan fingerprint density at radius 2 is 2.00 bits per heavy atom. The number of benzene rings is 1. The molecule has 166 valence electrons. The maximum Gasteiger partial charge on any atom is 0.246 e. The molecule has 2 amide bonds. The first-order valence-electron chi connectivity index (χ1n) is 11.2. The Kier molecular flexibility index (Phi) is 5.67. The molecule has 4 heterocycles. The lowest BCUT2D eigenvalue weighted by atomic mass is 9.89. The van der Waals surface area contributed by atoms with Crippen molar-refractivity contribution in [1.82, 2.24) is 19.8 Å². The lowest BCUT2D eigenvalue weighted by Crippen LogP contribution is -2.50. The number of aryl methyl sites for hydroxylation is 1. The van der Waals surface area contributed by atoms with E-state index >= 15 is 0 Å². The average Bonchev–Trinajstić information content (AvgIpc) is 3.44. The zero-order valence-electron chi connectivity index (χ0n) is 18.5. The lowest BCUT2D eigenvalue weighted by Gasteiger charge is -2.36. The third-order valence-corrected chi connectivity index (χ3v) is 7.68. The summed E-state index contributed by atoms with van der Waals surface area (Å²) in [5.41, 5.74) is 5.90. The molecule has 6 nitrogen and oxygen atoms in total. The molecule has 0 spiro atoms. The first kappa shape index (κ1) is 21.1. The molecule has 2 fully saturated rings. The van der Waals surface area contributed by atoms with Gasteiger partial charge in [-0.3, -0.25) is 14.6 Å². The number of nitrogens with zero attached hydrogens (tertiary/aromatic N) is 3. The molecule has 2 aliphatic heterocycles. The first-order valence-corrected chi connectivity index (χ1v) is 12.3. The number of thioether (sulfide) groups is 1. The van der Waals surface area contributed by atoms with Crippen molar-refractivity contribution in [2.24, 2.45) is 0 Å². The number of H-pyrrole nitrogens is 1. The number of rotatable bonds is 3. The van der Waals surface area contributed by atoms with E-state index in [0.29, 0.717) is 18.2 Å². The highest BCUT2D eigenvalue weighted by Gasteiger charge is 2.38. The van der Waals surface area contributed by atoms with E-state index in [4.69, 9.17) is 0 Å². The Morgan fingerprint density at radius 3 is 2.78 bits per heavy atom. The number of aromatic nitrogens is 2. The van der Waals surface area contributed by atoms with Crippen molar-refractivity contribution in [2.45, 2.75) is 38.6 Å². The second-order valence-corrected chi connectivity index (χ2v) is 9.83. The van der Waals surface area contributed by atoms with Crippen LogP contribution in [0.15, 0.2) is 42.7 Å². The van der Waals surface area contributed by atoms with E-state index in [0.717, 1.165) is 30.5 Å².